The fourth-order valence-corrected chi connectivity index (χ4v) is 3.72. The first kappa shape index (κ1) is 12.9. The van der Waals surface area contributed by atoms with Crippen molar-refractivity contribution in [2.24, 2.45) is 11.1 Å². The minimum absolute atomic E-state index is 0.401. The highest BCUT2D eigenvalue weighted by atomic mass is 32.2. The summed E-state index contributed by atoms with van der Waals surface area (Å²) in [7, 11) is -3.49. The third-order valence-corrected chi connectivity index (χ3v) is 5.13. The summed E-state index contributed by atoms with van der Waals surface area (Å²) in [6.45, 7) is 1.11. The van der Waals surface area contributed by atoms with Crippen LogP contribution in [-0.4, -0.2) is 31.6 Å². The van der Waals surface area contributed by atoms with Crippen molar-refractivity contribution < 1.29 is 8.42 Å². The average molecular weight is 272 g/mol. The Morgan fingerprint density at radius 2 is 2.06 bits per heavy atom. The van der Waals surface area contributed by atoms with Crippen molar-refractivity contribution >= 4 is 22.0 Å². The van der Waals surface area contributed by atoms with Gasteiger partial charge in [0.15, 0.2) is 0 Å². The normalized spacial score (nSPS) is 21.8. The molecule has 1 atom stereocenters. The predicted octanol–water partition coefficient (Wildman–Crippen LogP) is 1.30. The number of hydrogen-bond donors (Lipinski definition) is 1. The van der Waals surface area contributed by atoms with Crippen molar-refractivity contribution in [1.82, 2.24) is 4.31 Å². The van der Waals surface area contributed by atoms with Crippen LogP contribution in [0, 0.1) is 5.92 Å². The zero-order valence-corrected chi connectivity index (χ0v) is 11.1. The van der Waals surface area contributed by atoms with Gasteiger partial charge in [0.05, 0.1) is 0 Å². The van der Waals surface area contributed by atoms with Crippen molar-refractivity contribution in [3.8, 4) is 0 Å². The Morgan fingerprint density at radius 1 is 1.35 bits per heavy atom. The van der Waals surface area contributed by atoms with E-state index in [0.29, 0.717) is 19.0 Å². The molecule has 1 aromatic carbocycles. The zero-order chi connectivity index (χ0) is 12.3. The van der Waals surface area contributed by atoms with E-state index >= 15 is 0 Å². The van der Waals surface area contributed by atoms with Gasteiger partial charge in [-0.15, -0.1) is 11.8 Å². The minimum Gasteiger partial charge on any atom is -0.216 e. The Balaban J connectivity index is 1.83. The van der Waals surface area contributed by atoms with Gasteiger partial charge in [0.25, 0.3) is 10.2 Å². The fourth-order valence-electron chi connectivity index (χ4n) is 1.90. The van der Waals surface area contributed by atoms with Crippen molar-refractivity contribution in [3.63, 3.8) is 0 Å². The van der Waals surface area contributed by atoms with E-state index < -0.39 is 10.2 Å². The largest absolute Gasteiger partial charge is 0.276 e. The van der Waals surface area contributed by atoms with E-state index in [1.54, 1.807) is 11.8 Å². The van der Waals surface area contributed by atoms with Gasteiger partial charge in [-0.1, -0.05) is 18.2 Å². The SMILES string of the molecule is NS(=O)(=O)N1CCC(CSc2ccccc2)C1. The highest BCUT2D eigenvalue weighted by Crippen LogP contribution is 2.26. The van der Waals surface area contributed by atoms with Gasteiger partial charge < -0.3 is 0 Å². The molecule has 0 aromatic heterocycles. The summed E-state index contributed by atoms with van der Waals surface area (Å²) in [5.74, 6) is 1.34. The molecule has 6 heteroatoms. The molecule has 0 spiro atoms. The van der Waals surface area contributed by atoms with Gasteiger partial charge in [0.2, 0.25) is 0 Å². The first-order valence-corrected chi connectivity index (χ1v) is 8.00. The van der Waals surface area contributed by atoms with E-state index in [-0.39, 0.29) is 0 Å². The molecular weight excluding hydrogens is 256 g/mol. The molecule has 1 fully saturated rings. The summed E-state index contributed by atoms with van der Waals surface area (Å²) in [6.07, 6.45) is 0.899. The van der Waals surface area contributed by atoms with E-state index in [2.05, 4.69) is 12.1 Å². The van der Waals surface area contributed by atoms with Gasteiger partial charge in [-0.3, -0.25) is 0 Å². The summed E-state index contributed by atoms with van der Waals surface area (Å²) in [5, 5.41) is 5.10. The lowest BCUT2D eigenvalue weighted by Crippen LogP contribution is -2.34. The molecule has 0 amide bonds. The van der Waals surface area contributed by atoms with E-state index in [1.807, 2.05) is 18.2 Å². The second-order valence-electron chi connectivity index (χ2n) is 4.18. The van der Waals surface area contributed by atoms with Crippen LogP contribution in [0.5, 0.6) is 0 Å². The maximum Gasteiger partial charge on any atom is 0.276 e. The van der Waals surface area contributed by atoms with Crippen molar-refractivity contribution in [3.05, 3.63) is 30.3 Å². The smallest absolute Gasteiger partial charge is 0.216 e. The Morgan fingerprint density at radius 3 is 2.65 bits per heavy atom. The first-order chi connectivity index (χ1) is 8.05. The highest BCUT2D eigenvalue weighted by Gasteiger charge is 2.28. The molecule has 17 heavy (non-hydrogen) atoms. The maximum atomic E-state index is 11.2. The molecule has 1 heterocycles. The van der Waals surface area contributed by atoms with Crippen LogP contribution in [0.15, 0.2) is 35.2 Å². The standard InChI is InChI=1S/C11H16N2O2S2/c12-17(14,15)13-7-6-10(8-13)9-16-11-4-2-1-3-5-11/h1-5,10H,6-9H2,(H2,12,14,15). The molecule has 1 unspecified atom stereocenters. The van der Waals surface area contributed by atoms with Gasteiger partial charge in [-0.2, -0.15) is 12.7 Å². The topological polar surface area (TPSA) is 63.4 Å². The van der Waals surface area contributed by atoms with Crippen molar-refractivity contribution in [1.29, 1.82) is 0 Å². The van der Waals surface area contributed by atoms with E-state index in [9.17, 15) is 8.42 Å². The van der Waals surface area contributed by atoms with Crippen LogP contribution in [0.25, 0.3) is 0 Å². The Labute approximate surface area is 106 Å². The number of benzene rings is 1. The first-order valence-electron chi connectivity index (χ1n) is 5.51. The second-order valence-corrected chi connectivity index (χ2v) is 6.82. The van der Waals surface area contributed by atoms with Gasteiger partial charge in [-0.25, -0.2) is 5.14 Å². The van der Waals surface area contributed by atoms with Gasteiger partial charge in [0.1, 0.15) is 0 Å². The molecule has 4 nitrogen and oxygen atoms in total. The molecule has 2 rings (SSSR count). The minimum atomic E-state index is -3.49. The lowest BCUT2D eigenvalue weighted by atomic mass is 10.2. The molecule has 0 aliphatic carbocycles. The Kier molecular flexibility index (Phi) is 4.09. The third-order valence-electron chi connectivity index (χ3n) is 2.84. The number of nitrogens with two attached hydrogens (primary N) is 1. The Bertz CT molecular complexity index is 462. The molecule has 1 aliphatic rings. The predicted molar refractivity (Wildman–Crippen MR) is 70.0 cm³/mol. The van der Waals surface area contributed by atoms with Crippen LogP contribution in [0.3, 0.4) is 0 Å². The summed E-state index contributed by atoms with van der Waals surface area (Å²) in [5.41, 5.74) is 0. The summed E-state index contributed by atoms with van der Waals surface area (Å²) in [6, 6.07) is 10.1. The lowest BCUT2D eigenvalue weighted by Gasteiger charge is -2.12. The van der Waals surface area contributed by atoms with Gasteiger partial charge in [0, 0.05) is 23.7 Å². The van der Waals surface area contributed by atoms with Crippen molar-refractivity contribution in [2.45, 2.75) is 11.3 Å². The maximum absolute atomic E-state index is 11.2. The molecule has 2 N–H and O–H groups in total. The lowest BCUT2D eigenvalue weighted by molar-refractivity contribution is 0.467. The molecule has 94 valence electrons. The summed E-state index contributed by atoms with van der Waals surface area (Å²) < 4.78 is 23.7. The molecule has 1 aliphatic heterocycles. The molecule has 0 bridgehead atoms. The third kappa shape index (κ3) is 3.70. The van der Waals surface area contributed by atoms with E-state index in [4.69, 9.17) is 5.14 Å². The fraction of sp³-hybridized carbons (Fsp3) is 0.455. The number of rotatable bonds is 4. The van der Waals surface area contributed by atoms with Crippen LogP contribution >= 0.6 is 11.8 Å². The van der Waals surface area contributed by atoms with Crippen LogP contribution in [0.4, 0.5) is 0 Å². The molecule has 1 saturated heterocycles. The van der Waals surface area contributed by atoms with Gasteiger partial charge in [-0.05, 0) is 24.5 Å². The van der Waals surface area contributed by atoms with Crippen LogP contribution in [0.1, 0.15) is 6.42 Å². The summed E-state index contributed by atoms with van der Waals surface area (Å²) in [4.78, 5) is 1.22. The quantitative estimate of drug-likeness (QED) is 0.840. The second kappa shape index (κ2) is 5.39. The van der Waals surface area contributed by atoms with Crippen LogP contribution < -0.4 is 5.14 Å². The van der Waals surface area contributed by atoms with Crippen LogP contribution in [-0.2, 0) is 10.2 Å². The highest BCUT2D eigenvalue weighted by molar-refractivity contribution is 7.99. The zero-order valence-electron chi connectivity index (χ0n) is 9.45. The average Bonchev–Trinajstić information content (AvgIpc) is 2.76. The van der Waals surface area contributed by atoms with Crippen molar-refractivity contribution in [2.75, 3.05) is 18.8 Å². The number of thioether (sulfide) groups is 1. The Hall–Kier alpha value is -0.560. The van der Waals surface area contributed by atoms with Gasteiger partial charge >= 0.3 is 0 Å². The van der Waals surface area contributed by atoms with E-state index in [1.165, 1.54) is 9.20 Å². The monoisotopic (exact) mass is 272 g/mol. The number of nitrogens with zero attached hydrogens (tertiary/aromatic N) is 1. The molecule has 1 aromatic rings. The molecular formula is C11H16N2O2S2. The van der Waals surface area contributed by atoms with E-state index in [0.717, 1.165) is 12.2 Å². The number of hydrogen-bond acceptors (Lipinski definition) is 3. The molecule has 0 saturated carbocycles. The molecule has 0 radical (unpaired) electrons. The summed E-state index contributed by atoms with van der Waals surface area (Å²) >= 11 is 1.77. The van der Waals surface area contributed by atoms with Crippen LogP contribution in [0.2, 0.25) is 0 Å².